The molecule has 11 nitrogen and oxygen atoms in total. The molecule has 0 spiro atoms. The number of benzene rings is 2. The van der Waals surface area contributed by atoms with Crippen LogP contribution in [0.15, 0.2) is 48.7 Å². The minimum Gasteiger partial charge on any atom is -0.480 e. The van der Waals surface area contributed by atoms with Crippen molar-refractivity contribution in [3.63, 3.8) is 0 Å². The Morgan fingerprint density at radius 3 is 2.52 bits per heavy atom. The van der Waals surface area contributed by atoms with Crippen molar-refractivity contribution in [3.05, 3.63) is 81.4 Å². The van der Waals surface area contributed by atoms with E-state index in [2.05, 4.69) is 20.3 Å². The van der Waals surface area contributed by atoms with Gasteiger partial charge >= 0.3 is 6.61 Å². The van der Waals surface area contributed by atoms with Gasteiger partial charge in [-0.15, -0.1) is 0 Å². The van der Waals surface area contributed by atoms with E-state index in [1.807, 2.05) is 9.80 Å². The van der Waals surface area contributed by atoms with Crippen LogP contribution in [0.4, 0.5) is 14.5 Å². The van der Waals surface area contributed by atoms with E-state index >= 15 is 0 Å². The van der Waals surface area contributed by atoms with Gasteiger partial charge in [-0.2, -0.15) is 8.78 Å². The molecular weight excluding hydrogens is 669 g/mol. The zero-order valence-electron chi connectivity index (χ0n) is 25.8. The van der Waals surface area contributed by atoms with Crippen LogP contribution in [0.5, 0.6) is 11.6 Å². The van der Waals surface area contributed by atoms with E-state index in [4.69, 9.17) is 32.7 Å². The van der Waals surface area contributed by atoms with Crippen molar-refractivity contribution in [1.29, 1.82) is 0 Å². The average Bonchev–Trinajstić information content (AvgIpc) is 3.05. The van der Waals surface area contributed by atoms with Crippen LogP contribution in [0.1, 0.15) is 27.4 Å². The molecule has 2 aromatic heterocycles. The number of ether oxygens (including phenoxy) is 2. The Bertz CT molecular complexity index is 1830. The van der Waals surface area contributed by atoms with Gasteiger partial charge in [-0.25, -0.2) is 9.97 Å². The van der Waals surface area contributed by atoms with Gasteiger partial charge in [0, 0.05) is 67.6 Å². The van der Waals surface area contributed by atoms with Crippen LogP contribution >= 0.6 is 23.2 Å². The van der Waals surface area contributed by atoms with Crippen molar-refractivity contribution < 1.29 is 33.3 Å². The fraction of sp³-hybridized carbons (Fsp3) is 0.333. The van der Waals surface area contributed by atoms with Gasteiger partial charge in [0.1, 0.15) is 17.1 Å². The number of halogens is 4. The third-order valence-electron chi connectivity index (χ3n) is 8.21. The monoisotopic (exact) mass is 700 g/mol. The summed E-state index contributed by atoms with van der Waals surface area (Å²) in [6.45, 7) is -0.377. The SMILES string of the molecule is COc1nc(-c2cccc(-c3cccc(NC(=O)c4cc(OC(F)F)c5c(n4)CN(CCO)CC5)c3Cl)c2Cl)cnc1CN1CC(O)C1. The second-order valence-corrected chi connectivity index (χ2v) is 12.2. The molecule has 6 rings (SSSR count). The summed E-state index contributed by atoms with van der Waals surface area (Å²) in [4.78, 5) is 31.1. The lowest BCUT2D eigenvalue weighted by molar-refractivity contribution is -0.0508. The number of β-amino-alcohol motifs (C(OH)–C–C–N with tert-alkyl or cyclic N) is 2. The normalized spacial score (nSPS) is 15.2. The molecule has 1 saturated heterocycles. The van der Waals surface area contributed by atoms with E-state index in [-0.39, 0.29) is 41.4 Å². The first kappa shape index (κ1) is 33.9. The number of hydrogen-bond acceptors (Lipinski definition) is 10. The molecule has 0 unspecified atom stereocenters. The zero-order chi connectivity index (χ0) is 33.9. The van der Waals surface area contributed by atoms with Crippen molar-refractivity contribution in [2.75, 3.05) is 45.2 Å². The van der Waals surface area contributed by atoms with Crippen LogP contribution in [-0.4, -0.2) is 93.5 Å². The molecule has 0 radical (unpaired) electrons. The minimum absolute atomic E-state index is 0.0726. The fourth-order valence-electron chi connectivity index (χ4n) is 5.85. The van der Waals surface area contributed by atoms with Crippen molar-refractivity contribution in [2.45, 2.75) is 32.2 Å². The summed E-state index contributed by atoms with van der Waals surface area (Å²) in [6.07, 6.45) is 1.65. The summed E-state index contributed by atoms with van der Waals surface area (Å²) in [6, 6.07) is 11.6. The highest BCUT2D eigenvalue weighted by molar-refractivity contribution is 6.39. The summed E-state index contributed by atoms with van der Waals surface area (Å²) in [5, 5.41) is 22.2. The van der Waals surface area contributed by atoms with Crippen LogP contribution in [0.2, 0.25) is 10.0 Å². The average molecular weight is 702 g/mol. The van der Waals surface area contributed by atoms with Crippen molar-refractivity contribution in [2.24, 2.45) is 0 Å². The number of nitrogens with zero attached hydrogens (tertiary/aromatic N) is 5. The number of hydrogen-bond donors (Lipinski definition) is 3. The molecule has 0 saturated carbocycles. The summed E-state index contributed by atoms with van der Waals surface area (Å²) in [5.74, 6) is -0.443. The molecule has 0 atom stereocenters. The number of aromatic nitrogens is 3. The number of rotatable bonds is 11. The number of likely N-dealkylation sites (tertiary alicyclic amines) is 1. The molecule has 2 aliphatic rings. The van der Waals surface area contributed by atoms with Crippen LogP contribution < -0.4 is 14.8 Å². The molecule has 4 heterocycles. The maximum absolute atomic E-state index is 13.4. The number of amides is 1. The predicted molar refractivity (Wildman–Crippen MR) is 176 cm³/mol. The number of carbonyl (C=O) groups excluding carboxylic acids is 1. The van der Waals surface area contributed by atoms with Crippen LogP contribution in [0, 0.1) is 0 Å². The molecule has 0 bridgehead atoms. The Balaban J connectivity index is 1.27. The van der Waals surface area contributed by atoms with E-state index in [9.17, 15) is 23.8 Å². The number of nitrogens with one attached hydrogen (secondary N) is 1. The van der Waals surface area contributed by atoms with Crippen molar-refractivity contribution in [1.82, 2.24) is 24.8 Å². The lowest BCUT2D eigenvalue weighted by Gasteiger charge is -2.35. The van der Waals surface area contributed by atoms with Gasteiger partial charge in [0.05, 0.1) is 53.1 Å². The van der Waals surface area contributed by atoms with Crippen molar-refractivity contribution in [3.8, 4) is 34.0 Å². The Hall–Kier alpha value is -3.98. The van der Waals surface area contributed by atoms with Gasteiger partial charge in [-0.3, -0.25) is 19.6 Å². The second kappa shape index (κ2) is 14.6. The van der Waals surface area contributed by atoms with E-state index in [1.54, 1.807) is 42.6 Å². The van der Waals surface area contributed by atoms with E-state index < -0.39 is 12.5 Å². The number of methoxy groups -OCH3 is 1. The Morgan fingerprint density at radius 1 is 1.08 bits per heavy atom. The predicted octanol–water partition coefficient (Wildman–Crippen LogP) is 4.90. The highest BCUT2D eigenvalue weighted by atomic mass is 35.5. The van der Waals surface area contributed by atoms with Gasteiger partial charge in [0.15, 0.2) is 0 Å². The molecular formula is C33H32Cl2F2N6O5. The molecule has 2 aliphatic heterocycles. The molecule has 15 heteroatoms. The summed E-state index contributed by atoms with van der Waals surface area (Å²) < 4.78 is 36.9. The van der Waals surface area contributed by atoms with E-state index in [0.717, 1.165) is 0 Å². The number of fused-ring (bicyclic) bond motifs is 1. The number of pyridine rings is 1. The molecule has 252 valence electrons. The van der Waals surface area contributed by atoms with Crippen molar-refractivity contribution >= 4 is 34.8 Å². The highest BCUT2D eigenvalue weighted by Crippen LogP contribution is 2.41. The van der Waals surface area contributed by atoms with Gasteiger partial charge in [-0.05, 0) is 12.5 Å². The lowest BCUT2D eigenvalue weighted by Crippen LogP contribution is -2.50. The first-order chi connectivity index (χ1) is 23.1. The third-order valence-corrected chi connectivity index (χ3v) is 9.03. The molecule has 1 amide bonds. The number of carbonyl (C=O) groups is 1. The smallest absolute Gasteiger partial charge is 0.387 e. The maximum Gasteiger partial charge on any atom is 0.387 e. The first-order valence-electron chi connectivity index (χ1n) is 15.1. The summed E-state index contributed by atoms with van der Waals surface area (Å²) >= 11 is 13.8. The maximum atomic E-state index is 13.4. The summed E-state index contributed by atoms with van der Waals surface area (Å²) in [7, 11) is 1.51. The standard InChI is InChI=1S/C33H32Cl2F2N6O5/c1-47-32-27(17-43-14-18(45)15-43)38-13-25(41-32)22-6-2-4-19(29(22)34)20-5-3-7-23(30(20)35)40-31(46)24-12-28(48-33(36)37)21-8-9-42(10-11-44)16-26(21)39-24/h2-7,12-13,18,33,44-45H,8-11,14-17H2,1H3,(H,40,46). The van der Waals surface area contributed by atoms with Crippen LogP contribution in [0.3, 0.4) is 0 Å². The molecule has 0 aliphatic carbocycles. The largest absolute Gasteiger partial charge is 0.480 e. The Morgan fingerprint density at radius 2 is 1.81 bits per heavy atom. The minimum atomic E-state index is -3.08. The van der Waals surface area contributed by atoms with Crippen LogP contribution in [-0.2, 0) is 19.5 Å². The molecule has 1 fully saturated rings. The highest BCUT2D eigenvalue weighted by Gasteiger charge is 2.27. The van der Waals surface area contributed by atoms with Gasteiger partial charge in [-0.1, -0.05) is 53.5 Å². The zero-order valence-corrected chi connectivity index (χ0v) is 27.3. The first-order valence-corrected chi connectivity index (χ1v) is 15.9. The lowest BCUT2D eigenvalue weighted by atomic mass is 10.0. The molecule has 3 N–H and O–H groups in total. The second-order valence-electron chi connectivity index (χ2n) is 11.4. The van der Waals surface area contributed by atoms with Gasteiger partial charge < -0.3 is 25.0 Å². The quantitative estimate of drug-likeness (QED) is 0.198. The summed E-state index contributed by atoms with van der Waals surface area (Å²) in [5.41, 5.74) is 3.83. The van der Waals surface area contributed by atoms with Gasteiger partial charge in [0.25, 0.3) is 5.91 Å². The number of aliphatic hydroxyl groups is 2. The third kappa shape index (κ3) is 7.21. The number of anilines is 1. The van der Waals surface area contributed by atoms with Gasteiger partial charge in [0.2, 0.25) is 5.88 Å². The van der Waals surface area contributed by atoms with E-state index in [1.165, 1.54) is 13.2 Å². The molecule has 48 heavy (non-hydrogen) atoms. The molecule has 2 aromatic carbocycles. The van der Waals surface area contributed by atoms with E-state index in [0.29, 0.717) is 89.4 Å². The van der Waals surface area contributed by atoms with Crippen LogP contribution in [0.25, 0.3) is 22.4 Å². The fourth-order valence-corrected chi connectivity index (χ4v) is 6.45. The number of aliphatic hydroxyl groups excluding tert-OH is 2. The topological polar surface area (TPSA) is 133 Å². The Kier molecular flexibility index (Phi) is 10.3. The molecule has 4 aromatic rings. The Labute approximate surface area is 285 Å². The number of alkyl halides is 2.